The third kappa shape index (κ3) is 3.91. The number of halogens is 3. The number of nitrogens with one attached hydrogen (secondary N) is 3. The third-order valence-corrected chi connectivity index (χ3v) is 4.34. The number of para-hydroxylation sites is 1. The topological polar surface area (TPSA) is 69.8 Å². The Balaban J connectivity index is 1.65. The molecule has 0 spiro atoms. The van der Waals surface area contributed by atoms with E-state index < -0.39 is 17.8 Å². The summed E-state index contributed by atoms with van der Waals surface area (Å²) in [7, 11) is 0. The van der Waals surface area contributed by atoms with Crippen LogP contribution < -0.4 is 10.6 Å². The SMILES string of the molecule is O=C(Nc1cccc(C(F)(F)F)c1)Nc1c(-c2cccnc2)[nH]c2ccccc12. The van der Waals surface area contributed by atoms with Gasteiger partial charge in [-0.15, -0.1) is 0 Å². The molecular formula is C21H15F3N4O. The van der Waals surface area contributed by atoms with Gasteiger partial charge in [-0.2, -0.15) is 13.2 Å². The van der Waals surface area contributed by atoms with Crippen LogP contribution in [0, 0.1) is 0 Å². The number of carbonyl (C=O) groups is 1. The molecule has 0 radical (unpaired) electrons. The number of alkyl halides is 3. The molecule has 2 heterocycles. The maximum Gasteiger partial charge on any atom is 0.416 e. The number of pyridine rings is 1. The zero-order chi connectivity index (χ0) is 20.4. The minimum absolute atomic E-state index is 0.0418. The molecule has 29 heavy (non-hydrogen) atoms. The molecule has 0 aliphatic carbocycles. The van der Waals surface area contributed by atoms with Gasteiger partial charge in [0.05, 0.1) is 16.9 Å². The lowest BCUT2D eigenvalue weighted by atomic mass is 10.1. The molecule has 2 amide bonds. The molecule has 0 aliphatic rings. The molecule has 0 aliphatic heterocycles. The molecule has 146 valence electrons. The highest BCUT2D eigenvalue weighted by atomic mass is 19.4. The quantitative estimate of drug-likeness (QED) is 0.404. The van der Waals surface area contributed by atoms with Crippen molar-refractivity contribution in [3.05, 3.63) is 78.6 Å². The molecule has 3 N–H and O–H groups in total. The number of hydrogen-bond acceptors (Lipinski definition) is 2. The lowest BCUT2D eigenvalue weighted by Crippen LogP contribution is -2.20. The summed E-state index contributed by atoms with van der Waals surface area (Å²) >= 11 is 0. The maximum absolute atomic E-state index is 12.9. The van der Waals surface area contributed by atoms with Gasteiger partial charge in [-0.3, -0.25) is 4.98 Å². The van der Waals surface area contributed by atoms with Crippen LogP contribution in [0.4, 0.5) is 29.3 Å². The monoisotopic (exact) mass is 396 g/mol. The number of hydrogen-bond donors (Lipinski definition) is 3. The van der Waals surface area contributed by atoms with Gasteiger partial charge >= 0.3 is 12.2 Å². The summed E-state index contributed by atoms with van der Waals surface area (Å²) in [5.41, 5.74) is 1.94. The lowest BCUT2D eigenvalue weighted by Gasteiger charge is -2.11. The van der Waals surface area contributed by atoms with Crippen molar-refractivity contribution in [3.8, 4) is 11.3 Å². The third-order valence-electron chi connectivity index (χ3n) is 4.34. The second kappa shape index (κ2) is 7.31. The molecule has 2 aromatic carbocycles. The van der Waals surface area contributed by atoms with Gasteiger partial charge in [0.2, 0.25) is 0 Å². The smallest absolute Gasteiger partial charge is 0.353 e. The fourth-order valence-electron chi connectivity index (χ4n) is 3.05. The zero-order valence-corrected chi connectivity index (χ0v) is 14.9. The fourth-order valence-corrected chi connectivity index (χ4v) is 3.05. The van der Waals surface area contributed by atoms with Crippen LogP contribution in [0.2, 0.25) is 0 Å². The number of anilines is 2. The van der Waals surface area contributed by atoms with Crippen LogP contribution in [0.15, 0.2) is 73.1 Å². The first-order valence-electron chi connectivity index (χ1n) is 8.68. The Labute approximate surface area is 163 Å². The number of H-pyrrole nitrogens is 1. The number of aromatic amines is 1. The number of nitrogens with zero attached hydrogens (tertiary/aromatic N) is 1. The van der Waals surface area contributed by atoms with Gasteiger partial charge in [0.25, 0.3) is 0 Å². The van der Waals surface area contributed by atoms with Gasteiger partial charge < -0.3 is 15.6 Å². The van der Waals surface area contributed by atoms with Crippen LogP contribution in [0.3, 0.4) is 0 Å². The highest BCUT2D eigenvalue weighted by Gasteiger charge is 2.30. The predicted molar refractivity (Wildman–Crippen MR) is 106 cm³/mol. The number of benzene rings is 2. The number of urea groups is 1. The predicted octanol–water partition coefficient (Wildman–Crippen LogP) is 5.89. The minimum atomic E-state index is -4.49. The Hall–Kier alpha value is -3.81. The second-order valence-electron chi connectivity index (χ2n) is 6.32. The Morgan fingerprint density at radius 1 is 0.966 bits per heavy atom. The van der Waals surface area contributed by atoms with Gasteiger partial charge in [0.15, 0.2) is 0 Å². The van der Waals surface area contributed by atoms with Crippen molar-refractivity contribution in [1.82, 2.24) is 9.97 Å². The molecule has 0 saturated carbocycles. The van der Waals surface area contributed by atoms with E-state index in [4.69, 9.17) is 0 Å². The summed E-state index contributed by atoms with van der Waals surface area (Å²) in [6, 6.07) is 14.8. The summed E-state index contributed by atoms with van der Waals surface area (Å²) < 4.78 is 38.7. The van der Waals surface area contributed by atoms with Crippen molar-refractivity contribution in [3.63, 3.8) is 0 Å². The Bertz CT molecular complexity index is 1170. The Morgan fingerprint density at radius 2 is 1.79 bits per heavy atom. The molecule has 0 atom stereocenters. The van der Waals surface area contributed by atoms with E-state index >= 15 is 0 Å². The molecule has 4 rings (SSSR count). The summed E-state index contributed by atoms with van der Waals surface area (Å²) in [4.78, 5) is 19.9. The molecule has 0 saturated heterocycles. The first kappa shape index (κ1) is 18.5. The van der Waals surface area contributed by atoms with Gasteiger partial charge in [0.1, 0.15) is 0 Å². The van der Waals surface area contributed by atoms with E-state index in [0.717, 1.165) is 28.6 Å². The second-order valence-corrected chi connectivity index (χ2v) is 6.32. The highest BCUT2D eigenvalue weighted by molar-refractivity contribution is 6.10. The van der Waals surface area contributed by atoms with Crippen molar-refractivity contribution in [2.24, 2.45) is 0 Å². The number of fused-ring (bicyclic) bond motifs is 1. The van der Waals surface area contributed by atoms with E-state index in [-0.39, 0.29) is 5.69 Å². The van der Waals surface area contributed by atoms with Crippen molar-refractivity contribution in [2.75, 3.05) is 10.6 Å². The van der Waals surface area contributed by atoms with Crippen LogP contribution >= 0.6 is 0 Å². The summed E-state index contributed by atoms with van der Waals surface area (Å²) in [6.07, 6.45) is -1.20. The van der Waals surface area contributed by atoms with E-state index in [1.54, 1.807) is 18.5 Å². The summed E-state index contributed by atoms with van der Waals surface area (Å²) in [5.74, 6) is 0. The van der Waals surface area contributed by atoms with Crippen LogP contribution in [0.5, 0.6) is 0 Å². The number of carbonyl (C=O) groups excluding carboxylic acids is 1. The van der Waals surface area contributed by atoms with Crippen LogP contribution in [-0.2, 0) is 6.18 Å². The highest BCUT2D eigenvalue weighted by Crippen LogP contribution is 2.35. The van der Waals surface area contributed by atoms with Gasteiger partial charge in [-0.05, 0) is 36.4 Å². The number of amides is 2. The van der Waals surface area contributed by atoms with E-state index in [9.17, 15) is 18.0 Å². The molecule has 0 fully saturated rings. The lowest BCUT2D eigenvalue weighted by molar-refractivity contribution is -0.137. The summed E-state index contributed by atoms with van der Waals surface area (Å²) in [5, 5.41) is 5.97. The fraction of sp³-hybridized carbons (Fsp3) is 0.0476. The zero-order valence-electron chi connectivity index (χ0n) is 14.9. The molecule has 8 heteroatoms. The average molecular weight is 396 g/mol. The van der Waals surface area contributed by atoms with E-state index in [2.05, 4.69) is 20.6 Å². The Morgan fingerprint density at radius 3 is 2.55 bits per heavy atom. The first-order chi connectivity index (χ1) is 13.9. The number of rotatable bonds is 3. The van der Waals surface area contributed by atoms with Crippen LogP contribution in [-0.4, -0.2) is 16.0 Å². The van der Waals surface area contributed by atoms with Crippen LogP contribution in [0.25, 0.3) is 22.2 Å². The molecular weight excluding hydrogens is 381 g/mol. The van der Waals surface area contributed by atoms with Crippen molar-refractivity contribution in [2.45, 2.75) is 6.18 Å². The average Bonchev–Trinajstić information content (AvgIpc) is 3.07. The largest absolute Gasteiger partial charge is 0.416 e. The van der Waals surface area contributed by atoms with E-state index in [1.165, 1.54) is 12.1 Å². The first-order valence-corrected chi connectivity index (χ1v) is 8.68. The molecule has 2 aromatic heterocycles. The standard InChI is InChI=1S/C21H15F3N4O/c22-21(23,24)14-6-3-7-15(11-14)26-20(29)28-19-16-8-1-2-9-17(16)27-18(19)13-5-4-10-25-12-13/h1-12,27H,(H2,26,28,29). The molecule has 4 aromatic rings. The molecule has 0 bridgehead atoms. The Kier molecular flexibility index (Phi) is 4.67. The van der Waals surface area contributed by atoms with Gasteiger partial charge in [-0.1, -0.05) is 24.3 Å². The van der Waals surface area contributed by atoms with Crippen molar-refractivity contribution in [1.29, 1.82) is 0 Å². The summed E-state index contributed by atoms with van der Waals surface area (Å²) in [6.45, 7) is 0. The van der Waals surface area contributed by atoms with Crippen LogP contribution in [0.1, 0.15) is 5.56 Å². The van der Waals surface area contributed by atoms with Gasteiger partial charge in [0, 0.05) is 34.5 Å². The molecule has 5 nitrogen and oxygen atoms in total. The maximum atomic E-state index is 12.9. The molecule has 0 unspecified atom stereocenters. The van der Waals surface area contributed by atoms with E-state index in [1.807, 2.05) is 30.3 Å². The van der Waals surface area contributed by atoms with Crippen molar-refractivity contribution >= 4 is 28.3 Å². The van der Waals surface area contributed by atoms with Gasteiger partial charge in [-0.25, -0.2) is 4.79 Å². The number of aromatic nitrogens is 2. The minimum Gasteiger partial charge on any atom is -0.353 e. The normalized spacial score (nSPS) is 11.4. The van der Waals surface area contributed by atoms with Crippen molar-refractivity contribution < 1.29 is 18.0 Å². The van der Waals surface area contributed by atoms with E-state index in [0.29, 0.717) is 11.4 Å².